The minimum atomic E-state index is -0.614. The summed E-state index contributed by atoms with van der Waals surface area (Å²) in [5, 5.41) is 2.87. The lowest BCUT2D eigenvalue weighted by molar-refractivity contribution is -0.122. The summed E-state index contributed by atoms with van der Waals surface area (Å²) in [6, 6.07) is 13.7. The highest BCUT2D eigenvalue weighted by atomic mass is 35.5. The van der Waals surface area contributed by atoms with Gasteiger partial charge in [-0.2, -0.15) is 0 Å². The topological polar surface area (TPSA) is 80.6 Å². The first-order valence-electron chi connectivity index (χ1n) is 11.0. The Morgan fingerprint density at radius 2 is 1.81 bits per heavy atom. The van der Waals surface area contributed by atoms with Crippen LogP contribution in [0, 0.1) is 13.8 Å². The SMILES string of the molecule is CCOC(=O)c1ccc(-n2c(C)cc(/C=C3\C(=O)NC(=S)N(c4cccc(Cl)c4Cl)C3=O)c2C)cc1. The van der Waals surface area contributed by atoms with E-state index >= 15 is 0 Å². The highest BCUT2D eigenvalue weighted by molar-refractivity contribution is 7.80. The number of hydrogen-bond acceptors (Lipinski definition) is 5. The number of nitrogens with zero attached hydrogens (tertiary/aromatic N) is 2. The summed E-state index contributed by atoms with van der Waals surface area (Å²) in [6.45, 7) is 5.83. The molecule has 2 heterocycles. The van der Waals surface area contributed by atoms with E-state index < -0.39 is 11.8 Å². The van der Waals surface area contributed by atoms with Crippen molar-refractivity contribution < 1.29 is 19.1 Å². The van der Waals surface area contributed by atoms with Gasteiger partial charge in [0, 0.05) is 17.1 Å². The molecule has 0 saturated carbocycles. The first-order valence-corrected chi connectivity index (χ1v) is 12.1. The fourth-order valence-electron chi connectivity index (χ4n) is 3.99. The van der Waals surface area contributed by atoms with E-state index in [2.05, 4.69) is 5.32 Å². The van der Waals surface area contributed by atoms with E-state index in [-0.39, 0.29) is 32.4 Å². The molecular formula is C26H21Cl2N3O4S. The number of carbonyl (C=O) groups is 3. The molecule has 0 bridgehead atoms. The number of aryl methyl sites for hydroxylation is 1. The van der Waals surface area contributed by atoms with E-state index in [4.69, 9.17) is 40.2 Å². The molecule has 0 spiro atoms. The van der Waals surface area contributed by atoms with Crippen LogP contribution in [0.5, 0.6) is 0 Å². The molecule has 4 rings (SSSR count). The van der Waals surface area contributed by atoms with Gasteiger partial charge in [-0.25, -0.2) is 4.79 Å². The first kappa shape index (κ1) is 25.6. The summed E-state index contributed by atoms with van der Waals surface area (Å²) in [5.41, 5.74) is 3.78. The number of anilines is 1. The van der Waals surface area contributed by atoms with E-state index in [9.17, 15) is 14.4 Å². The van der Waals surface area contributed by atoms with Crippen LogP contribution in [0.15, 0.2) is 54.1 Å². The number of thiocarbonyl (C=S) groups is 1. The molecule has 2 amide bonds. The molecule has 36 heavy (non-hydrogen) atoms. The Balaban J connectivity index is 1.72. The maximum absolute atomic E-state index is 13.4. The van der Waals surface area contributed by atoms with Crippen LogP contribution in [0.3, 0.4) is 0 Å². The number of carbonyl (C=O) groups excluding carboxylic acids is 3. The number of hydrogen-bond donors (Lipinski definition) is 1. The average molecular weight is 542 g/mol. The predicted molar refractivity (Wildman–Crippen MR) is 144 cm³/mol. The molecule has 1 aromatic heterocycles. The Kier molecular flexibility index (Phi) is 7.31. The van der Waals surface area contributed by atoms with E-state index in [1.54, 1.807) is 37.3 Å². The van der Waals surface area contributed by atoms with Crippen molar-refractivity contribution in [2.75, 3.05) is 11.5 Å². The van der Waals surface area contributed by atoms with Crippen molar-refractivity contribution >= 4 is 70.1 Å². The number of esters is 1. The minimum Gasteiger partial charge on any atom is -0.462 e. The fourth-order valence-corrected chi connectivity index (χ4v) is 4.64. The molecule has 0 radical (unpaired) electrons. The minimum absolute atomic E-state index is 0.0847. The van der Waals surface area contributed by atoms with Crippen LogP contribution < -0.4 is 10.2 Å². The Bertz CT molecular complexity index is 1440. The number of halogens is 2. The zero-order valence-corrected chi connectivity index (χ0v) is 21.9. The molecule has 10 heteroatoms. The lowest BCUT2D eigenvalue weighted by Crippen LogP contribution is -2.54. The third-order valence-corrected chi connectivity index (χ3v) is 6.77. The van der Waals surface area contributed by atoms with Crippen molar-refractivity contribution in [2.24, 2.45) is 0 Å². The molecule has 3 aromatic rings. The van der Waals surface area contributed by atoms with Crippen LogP contribution in [-0.4, -0.2) is 34.1 Å². The highest BCUT2D eigenvalue weighted by Gasteiger charge is 2.36. The van der Waals surface area contributed by atoms with E-state index in [1.165, 1.54) is 6.08 Å². The van der Waals surface area contributed by atoms with Crippen molar-refractivity contribution in [3.8, 4) is 5.69 Å². The van der Waals surface area contributed by atoms with Crippen LogP contribution in [0.2, 0.25) is 10.0 Å². The average Bonchev–Trinajstić information content (AvgIpc) is 3.12. The Hall–Kier alpha value is -3.46. The smallest absolute Gasteiger partial charge is 0.338 e. The van der Waals surface area contributed by atoms with Gasteiger partial charge in [0.05, 0.1) is 27.9 Å². The molecule has 1 fully saturated rings. The standard InChI is InChI=1S/C26H21Cl2N3O4S/c1-4-35-25(34)16-8-10-18(11-9-16)30-14(2)12-17(15(30)3)13-19-23(32)29-26(36)31(24(19)33)21-7-5-6-20(27)22(21)28/h5-13H,4H2,1-3H3,(H,29,32,36)/b19-13+. The second-order valence-electron chi connectivity index (χ2n) is 7.96. The summed E-state index contributed by atoms with van der Waals surface area (Å²) in [6.07, 6.45) is 1.52. The Morgan fingerprint density at radius 3 is 2.47 bits per heavy atom. The van der Waals surface area contributed by atoms with Crippen molar-refractivity contribution in [1.82, 2.24) is 9.88 Å². The monoisotopic (exact) mass is 541 g/mol. The zero-order chi connectivity index (χ0) is 26.1. The molecule has 184 valence electrons. The largest absolute Gasteiger partial charge is 0.462 e. The Morgan fingerprint density at radius 1 is 1.11 bits per heavy atom. The zero-order valence-electron chi connectivity index (χ0n) is 19.6. The summed E-state index contributed by atoms with van der Waals surface area (Å²) < 4.78 is 7.00. The van der Waals surface area contributed by atoms with Gasteiger partial charge in [0.1, 0.15) is 5.57 Å². The van der Waals surface area contributed by atoms with Gasteiger partial charge in [0.25, 0.3) is 11.8 Å². The molecule has 2 aromatic carbocycles. The number of amides is 2. The molecule has 1 N–H and O–H groups in total. The number of aromatic nitrogens is 1. The summed E-state index contributed by atoms with van der Waals surface area (Å²) in [5.74, 6) is -1.61. The Labute approximate surface area is 223 Å². The van der Waals surface area contributed by atoms with Crippen molar-refractivity contribution in [3.63, 3.8) is 0 Å². The molecule has 1 aliphatic rings. The first-order chi connectivity index (χ1) is 17.1. The summed E-state index contributed by atoms with van der Waals surface area (Å²) in [7, 11) is 0. The highest BCUT2D eigenvalue weighted by Crippen LogP contribution is 2.34. The maximum Gasteiger partial charge on any atom is 0.338 e. The van der Waals surface area contributed by atoms with Crippen molar-refractivity contribution in [3.05, 3.63) is 86.7 Å². The second kappa shape index (κ2) is 10.3. The molecule has 1 saturated heterocycles. The third kappa shape index (κ3) is 4.67. The summed E-state index contributed by atoms with van der Waals surface area (Å²) in [4.78, 5) is 39.3. The molecular weight excluding hydrogens is 521 g/mol. The molecule has 0 atom stereocenters. The van der Waals surface area contributed by atoms with Gasteiger partial charge < -0.3 is 9.30 Å². The maximum atomic E-state index is 13.4. The number of benzene rings is 2. The van der Waals surface area contributed by atoms with E-state index in [0.717, 1.165) is 22.0 Å². The lowest BCUT2D eigenvalue weighted by Gasteiger charge is -2.29. The lowest BCUT2D eigenvalue weighted by atomic mass is 10.1. The van der Waals surface area contributed by atoms with Gasteiger partial charge in [0.2, 0.25) is 0 Å². The van der Waals surface area contributed by atoms with E-state index in [1.807, 2.05) is 36.6 Å². The molecule has 1 aliphatic heterocycles. The fraction of sp³-hybridized carbons (Fsp3) is 0.154. The number of rotatable bonds is 5. The van der Waals surface area contributed by atoms with Gasteiger partial charge in [-0.3, -0.25) is 19.8 Å². The quantitative estimate of drug-likeness (QED) is 0.202. The van der Waals surface area contributed by atoms with Crippen LogP contribution in [-0.2, 0) is 14.3 Å². The number of nitrogens with one attached hydrogen (secondary N) is 1. The molecule has 7 nitrogen and oxygen atoms in total. The predicted octanol–water partition coefficient (Wildman–Crippen LogP) is 5.41. The number of ether oxygens (including phenoxy) is 1. The van der Waals surface area contributed by atoms with Gasteiger partial charge in [-0.15, -0.1) is 0 Å². The van der Waals surface area contributed by atoms with Gasteiger partial charge >= 0.3 is 5.97 Å². The third-order valence-electron chi connectivity index (χ3n) is 5.68. The van der Waals surface area contributed by atoms with Crippen LogP contribution >= 0.6 is 35.4 Å². The van der Waals surface area contributed by atoms with Gasteiger partial charge in [-0.05, 0) is 87.1 Å². The van der Waals surface area contributed by atoms with E-state index in [0.29, 0.717) is 17.7 Å². The van der Waals surface area contributed by atoms with Gasteiger partial charge in [0.15, 0.2) is 5.11 Å². The molecule has 0 unspecified atom stereocenters. The van der Waals surface area contributed by atoms with Crippen molar-refractivity contribution in [2.45, 2.75) is 20.8 Å². The van der Waals surface area contributed by atoms with Gasteiger partial charge in [-0.1, -0.05) is 29.3 Å². The van der Waals surface area contributed by atoms with Crippen LogP contribution in [0.1, 0.15) is 34.2 Å². The van der Waals surface area contributed by atoms with Crippen molar-refractivity contribution in [1.29, 1.82) is 0 Å². The molecule has 0 aliphatic carbocycles. The summed E-state index contributed by atoms with van der Waals surface area (Å²) >= 11 is 17.7. The normalized spacial score (nSPS) is 14.9. The van der Waals surface area contributed by atoms with Crippen LogP contribution in [0.25, 0.3) is 11.8 Å². The second-order valence-corrected chi connectivity index (χ2v) is 9.13. The van der Waals surface area contributed by atoms with Crippen LogP contribution in [0.4, 0.5) is 5.69 Å².